The summed E-state index contributed by atoms with van der Waals surface area (Å²) in [6.07, 6.45) is 5.10. The van der Waals surface area contributed by atoms with Gasteiger partial charge in [0.25, 0.3) is 0 Å². The summed E-state index contributed by atoms with van der Waals surface area (Å²) in [5, 5.41) is 0. The van der Waals surface area contributed by atoms with Gasteiger partial charge in [0.1, 0.15) is 0 Å². The third-order valence-electron chi connectivity index (χ3n) is 6.41. The predicted octanol–water partition coefficient (Wildman–Crippen LogP) is 11.7. The monoisotopic (exact) mass is 604 g/mol. The first-order chi connectivity index (χ1) is 15.6. The van der Waals surface area contributed by atoms with Gasteiger partial charge in [-0.25, -0.2) is 0 Å². The third kappa shape index (κ3) is 19.1. The highest BCUT2D eigenvalue weighted by Gasteiger charge is 2.39. The Labute approximate surface area is 250 Å². The van der Waals surface area contributed by atoms with Crippen LogP contribution in [0.15, 0.2) is 30.3 Å². The SMILES string of the molecule is C.C.C.C.C.CCCC[Si](C)(C)O[Si](C)(C)O[Si](C)(C)CCCOC(=O)C(C)(C)CC(CC)c1ccccc1. The molecule has 236 valence electrons. The fraction of sp³-hybridized carbons (Fsp3) is 0.781. The molecule has 1 unspecified atom stereocenters. The van der Waals surface area contributed by atoms with E-state index in [2.05, 4.69) is 77.4 Å². The topological polar surface area (TPSA) is 44.8 Å². The van der Waals surface area contributed by atoms with Crippen LogP contribution in [0.4, 0.5) is 0 Å². The molecule has 0 N–H and O–H groups in total. The highest BCUT2D eigenvalue weighted by molar-refractivity contribution is 6.87. The van der Waals surface area contributed by atoms with Crippen LogP contribution in [0.5, 0.6) is 0 Å². The molecule has 0 saturated carbocycles. The Kier molecular flexibility index (Phi) is 25.9. The molecule has 0 amide bonds. The molecule has 0 heterocycles. The molecule has 7 heteroatoms. The van der Waals surface area contributed by atoms with Crippen LogP contribution in [0.25, 0.3) is 0 Å². The van der Waals surface area contributed by atoms with Crippen LogP contribution in [-0.4, -0.2) is 37.8 Å². The summed E-state index contributed by atoms with van der Waals surface area (Å²) in [6, 6.07) is 12.7. The molecule has 1 rings (SSSR count). The minimum absolute atomic E-state index is 0. The third-order valence-corrected chi connectivity index (χ3v) is 17.9. The number of unbranched alkanes of at least 4 members (excludes halogenated alkanes) is 1. The van der Waals surface area contributed by atoms with Crippen molar-refractivity contribution in [3.63, 3.8) is 0 Å². The van der Waals surface area contributed by atoms with Gasteiger partial charge in [-0.1, -0.05) is 94.2 Å². The van der Waals surface area contributed by atoms with E-state index in [1.54, 1.807) is 0 Å². The molecule has 0 saturated heterocycles. The van der Waals surface area contributed by atoms with E-state index in [-0.39, 0.29) is 43.1 Å². The second-order valence-corrected chi connectivity index (χ2v) is 24.5. The minimum Gasteiger partial charge on any atom is -0.465 e. The average Bonchev–Trinajstić information content (AvgIpc) is 2.72. The van der Waals surface area contributed by atoms with Gasteiger partial charge in [-0.2, -0.15) is 0 Å². The van der Waals surface area contributed by atoms with Gasteiger partial charge in [0.05, 0.1) is 12.0 Å². The summed E-state index contributed by atoms with van der Waals surface area (Å²) >= 11 is 0. The molecule has 0 fully saturated rings. The van der Waals surface area contributed by atoms with Crippen molar-refractivity contribution in [1.29, 1.82) is 0 Å². The normalized spacial score (nSPS) is 12.4. The fourth-order valence-corrected chi connectivity index (χ4v) is 19.0. The van der Waals surface area contributed by atoms with Crippen molar-refractivity contribution in [1.82, 2.24) is 0 Å². The van der Waals surface area contributed by atoms with E-state index in [4.69, 9.17) is 13.0 Å². The van der Waals surface area contributed by atoms with E-state index in [1.807, 2.05) is 19.9 Å². The maximum absolute atomic E-state index is 12.9. The van der Waals surface area contributed by atoms with Gasteiger partial charge in [0, 0.05) is 0 Å². The number of carbonyl (C=O) groups is 1. The van der Waals surface area contributed by atoms with E-state index in [9.17, 15) is 4.79 Å². The van der Waals surface area contributed by atoms with Crippen LogP contribution in [0, 0.1) is 5.41 Å². The Morgan fingerprint density at radius 2 is 1.26 bits per heavy atom. The molecule has 0 radical (unpaired) electrons. The maximum Gasteiger partial charge on any atom is 0.311 e. The standard InChI is InChI=1S/C27H52O4Si3.5CH4/c1-11-13-21-32(5,6)30-34(9,10)31-33(7,8)22-17-20-29-26(28)27(3,4)23-24(12-2)25-18-15-14-16-19-25;;;;;/h14-16,18-19,24H,11-13,17,20-23H2,1-10H3;5*1H4. The number of benzene rings is 1. The summed E-state index contributed by atoms with van der Waals surface area (Å²) in [6.45, 7) is 22.5. The van der Waals surface area contributed by atoms with E-state index < -0.39 is 30.6 Å². The van der Waals surface area contributed by atoms with Gasteiger partial charge in [-0.15, -0.1) is 0 Å². The zero-order valence-corrected chi connectivity index (χ0v) is 26.8. The molecule has 0 aliphatic rings. The molecule has 1 aromatic rings. The molecular weight excluding hydrogens is 533 g/mol. The highest BCUT2D eigenvalue weighted by Crippen LogP contribution is 2.35. The van der Waals surface area contributed by atoms with Crippen molar-refractivity contribution in [3.8, 4) is 0 Å². The van der Waals surface area contributed by atoms with Crippen LogP contribution < -0.4 is 0 Å². The smallest absolute Gasteiger partial charge is 0.311 e. The van der Waals surface area contributed by atoms with Crippen molar-refractivity contribution < 1.29 is 17.8 Å². The van der Waals surface area contributed by atoms with Gasteiger partial charge in [-0.05, 0) is 96.0 Å². The summed E-state index contributed by atoms with van der Waals surface area (Å²) in [7, 11) is -5.76. The Bertz CT molecular complexity index is 734. The largest absolute Gasteiger partial charge is 0.465 e. The molecule has 0 aliphatic carbocycles. The first-order valence-corrected chi connectivity index (χ1v) is 22.3. The average molecular weight is 605 g/mol. The first-order valence-electron chi connectivity index (χ1n) is 13.3. The number of esters is 1. The van der Waals surface area contributed by atoms with Crippen molar-refractivity contribution in [3.05, 3.63) is 35.9 Å². The van der Waals surface area contributed by atoms with Crippen LogP contribution in [0.1, 0.15) is 108 Å². The zero-order valence-electron chi connectivity index (χ0n) is 23.8. The van der Waals surface area contributed by atoms with Crippen LogP contribution >= 0.6 is 0 Å². The van der Waals surface area contributed by atoms with Crippen molar-refractivity contribution in [2.24, 2.45) is 5.41 Å². The molecule has 1 aromatic carbocycles. The Morgan fingerprint density at radius 3 is 1.69 bits per heavy atom. The van der Waals surface area contributed by atoms with Gasteiger partial charge in [-0.3, -0.25) is 4.79 Å². The number of rotatable bonds is 16. The molecule has 0 spiro atoms. The lowest BCUT2D eigenvalue weighted by Crippen LogP contribution is -2.52. The summed E-state index contributed by atoms with van der Waals surface area (Å²) < 4.78 is 19.1. The molecule has 4 nitrogen and oxygen atoms in total. The van der Waals surface area contributed by atoms with E-state index in [0.29, 0.717) is 12.5 Å². The number of hydrogen-bond donors (Lipinski definition) is 0. The van der Waals surface area contributed by atoms with E-state index in [1.165, 1.54) is 24.4 Å². The van der Waals surface area contributed by atoms with Gasteiger partial charge in [0.15, 0.2) is 16.6 Å². The summed E-state index contributed by atoms with van der Waals surface area (Å²) in [4.78, 5) is 12.9. The highest BCUT2D eigenvalue weighted by atomic mass is 28.5. The van der Waals surface area contributed by atoms with Crippen molar-refractivity contribution in [2.75, 3.05) is 6.61 Å². The van der Waals surface area contributed by atoms with E-state index >= 15 is 0 Å². The van der Waals surface area contributed by atoms with Crippen LogP contribution in [0.2, 0.25) is 51.4 Å². The lowest BCUT2D eigenvalue weighted by Gasteiger charge is -2.38. The fourth-order valence-electron chi connectivity index (χ4n) is 4.84. The molecule has 1 atom stereocenters. The molecule has 0 aromatic heterocycles. The predicted molar refractivity (Wildman–Crippen MR) is 186 cm³/mol. The van der Waals surface area contributed by atoms with Gasteiger partial charge >= 0.3 is 14.5 Å². The molecule has 0 aliphatic heterocycles. The Hall–Kier alpha value is -0.739. The minimum atomic E-state index is -2.18. The van der Waals surface area contributed by atoms with Gasteiger partial charge < -0.3 is 13.0 Å². The second kappa shape index (κ2) is 21.0. The lowest BCUT2D eigenvalue weighted by atomic mass is 9.79. The lowest BCUT2D eigenvalue weighted by molar-refractivity contribution is -0.154. The van der Waals surface area contributed by atoms with Crippen molar-refractivity contribution >= 4 is 31.2 Å². The summed E-state index contributed by atoms with van der Waals surface area (Å²) in [5.41, 5.74) is 0.794. The van der Waals surface area contributed by atoms with Gasteiger partial charge in [0.2, 0.25) is 0 Å². The molecular formula is C32H72O4Si3. The summed E-state index contributed by atoms with van der Waals surface area (Å²) in [5.74, 6) is 0.268. The quantitative estimate of drug-likeness (QED) is 0.107. The van der Waals surface area contributed by atoms with Crippen LogP contribution in [-0.2, 0) is 17.8 Å². The Balaban J connectivity index is -0.000000771. The van der Waals surface area contributed by atoms with Crippen molar-refractivity contribution in [2.45, 2.75) is 154 Å². The molecule has 39 heavy (non-hydrogen) atoms. The zero-order chi connectivity index (χ0) is 26.0. The maximum atomic E-state index is 12.9. The second-order valence-electron chi connectivity index (χ2n) is 12.1. The Morgan fingerprint density at radius 1 is 0.795 bits per heavy atom. The first kappa shape index (κ1) is 48.0. The number of hydrogen-bond acceptors (Lipinski definition) is 4. The number of carbonyl (C=O) groups excluding carboxylic acids is 1. The van der Waals surface area contributed by atoms with Crippen LogP contribution in [0.3, 0.4) is 0 Å². The number of ether oxygens (including phenoxy) is 1. The van der Waals surface area contributed by atoms with E-state index in [0.717, 1.165) is 25.3 Å². The molecule has 0 bridgehead atoms.